The summed E-state index contributed by atoms with van der Waals surface area (Å²) in [7, 11) is 0. The van der Waals surface area contributed by atoms with Gasteiger partial charge in [-0.3, -0.25) is 0 Å². The first-order valence-corrected chi connectivity index (χ1v) is 20.0. The molecule has 0 unspecified atom stereocenters. The monoisotopic (exact) mass is 736 g/mol. The molecule has 0 amide bonds. The average Bonchev–Trinajstić information content (AvgIpc) is 3.31. The van der Waals surface area contributed by atoms with Gasteiger partial charge in [-0.2, -0.15) is 0 Å². The van der Waals surface area contributed by atoms with Gasteiger partial charge >= 0.3 is 0 Å². The Bertz CT molecular complexity index is 2910. The minimum Gasteiger partial charge on any atom is -0.0622 e. The van der Waals surface area contributed by atoms with Crippen LogP contribution in [0.4, 0.5) is 0 Å². The predicted molar refractivity (Wildman–Crippen MR) is 249 cm³/mol. The summed E-state index contributed by atoms with van der Waals surface area (Å²) in [5.74, 6) is 0. The molecule has 58 heavy (non-hydrogen) atoms. The summed E-state index contributed by atoms with van der Waals surface area (Å²) in [6.07, 6.45) is 4.39. The summed E-state index contributed by atoms with van der Waals surface area (Å²) < 4.78 is 0. The van der Waals surface area contributed by atoms with Crippen molar-refractivity contribution in [2.75, 3.05) is 0 Å². The topological polar surface area (TPSA) is 0 Å². The van der Waals surface area contributed by atoms with Crippen LogP contribution in [-0.2, 0) is 0 Å². The lowest BCUT2D eigenvalue weighted by molar-refractivity contribution is 1.56. The van der Waals surface area contributed by atoms with Gasteiger partial charge in [0.15, 0.2) is 0 Å². The minimum absolute atomic E-state index is 1.17. The Kier molecular flexibility index (Phi) is 9.35. The average molecular weight is 737 g/mol. The van der Waals surface area contributed by atoms with Gasteiger partial charge in [-0.1, -0.05) is 224 Å². The van der Waals surface area contributed by atoms with Gasteiger partial charge in [-0.25, -0.2) is 0 Å². The Labute approximate surface area is 340 Å². The lowest BCUT2D eigenvalue weighted by Crippen LogP contribution is -1.91. The molecule has 0 bridgehead atoms. The quantitative estimate of drug-likeness (QED) is 0.108. The fourth-order valence-corrected chi connectivity index (χ4v) is 8.34. The van der Waals surface area contributed by atoms with Crippen LogP contribution >= 0.6 is 0 Å². The molecule has 0 heteroatoms. The van der Waals surface area contributed by atoms with E-state index >= 15 is 0 Å². The molecule has 272 valence electrons. The summed E-state index contributed by atoms with van der Waals surface area (Å²) >= 11 is 0. The predicted octanol–water partition coefficient (Wildman–Crippen LogP) is 16.2. The van der Waals surface area contributed by atoms with Crippen LogP contribution in [0, 0.1) is 0 Å². The van der Waals surface area contributed by atoms with E-state index in [1.165, 1.54) is 99.4 Å². The van der Waals surface area contributed by atoms with Gasteiger partial charge in [-0.05, 0) is 118 Å². The van der Waals surface area contributed by atoms with E-state index in [9.17, 15) is 0 Å². The fourth-order valence-electron chi connectivity index (χ4n) is 8.34. The zero-order valence-electron chi connectivity index (χ0n) is 32.1. The highest BCUT2D eigenvalue weighted by atomic mass is 14.2. The number of hydrogen-bond donors (Lipinski definition) is 0. The van der Waals surface area contributed by atoms with Crippen molar-refractivity contribution in [1.29, 1.82) is 0 Å². The van der Waals surface area contributed by atoms with Crippen LogP contribution in [0.3, 0.4) is 0 Å². The highest BCUT2D eigenvalue weighted by Gasteiger charge is 2.17. The largest absolute Gasteiger partial charge is 0.0622 e. The van der Waals surface area contributed by atoms with Crippen molar-refractivity contribution in [3.05, 3.63) is 242 Å². The Morgan fingerprint density at radius 2 is 0.431 bits per heavy atom. The SMILES string of the molecule is C(=C\c1ccc(-c2c3ccccc3c(-c3ccc(-c4cc(-c5ccccc5)cc(-c5ccccc5)c4)cc3)c3ccccc23)cc1)/c1ccc(-c2ccccc2)cc1. The summed E-state index contributed by atoms with van der Waals surface area (Å²) in [6.45, 7) is 0. The first-order chi connectivity index (χ1) is 28.7. The van der Waals surface area contributed by atoms with E-state index in [1.54, 1.807) is 0 Å². The maximum absolute atomic E-state index is 2.32. The van der Waals surface area contributed by atoms with Crippen LogP contribution in [0.25, 0.3) is 100 Å². The van der Waals surface area contributed by atoms with Crippen molar-refractivity contribution in [2.45, 2.75) is 0 Å². The van der Waals surface area contributed by atoms with Gasteiger partial charge in [0.2, 0.25) is 0 Å². The first-order valence-electron chi connectivity index (χ1n) is 20.0. The van der Waals surface area contributed by atoms with Crippen molar-refractivity contribution in [3.63, 3.8) is 0 Å². The lowest BCUT2D eigenvalue weighted by atomic mass is 9.85. The van der Waals surface area contributed by atoms with Crippen LogP contribution in [0.15, 0.2) is 231 Å². The van der Waals surface area contributed by atoms with Gasteiger partial charge in [0.25, 0.3) is 0 Å². The molecule has 10 aromatic carbocycles. The Morgan fingerprint density at radius 3 is 0.793 bits per heavy atom. The highest BCUT2D eigenvalue weighted by molar-refractivity contribution is 6.21. The van der Waals surface area contributed by atoms with E-state index < -0.39 is 0 Å². The molecule has 10 rings (SSSR count). The van der Waals surface area contributed by atoms with Crippen LogP contribution in [0.2, 0.25) is 0 Å². The molecule has 0 saturated heterocycles. The lowest BCUT2D eigenvalue weighted by Gasteiger charge is -2.18. The summed E-state index contributed by atoms with van der Waals surface area (Å²) in [4.78, 5) is 0. The van der Waals surface area contributed by atoms with Crippen LogP contribution in [0.1, 0.15) is 11.1 Å². The van der Waals surface area contributed by atoms with Crippen molar-refractivity contribution in [3.8, 4) is 66.8 Å². The Balaban J connectivity index is 1.00. The van der Waals surface area contributed by atoms with Gasteiger partial charge in [0, 0.05) is 0 Å². The zero-order chi connectivity index (χ0) is 38.7. The van der Waals surface area contributed by atoms with E-state index in [4.69, 9.17) is 0 Å². The third-order valence-electron chi connectivity index (χ3n) is 11.3. The van der Waals surface area contributed by atoms with Crippen molar-refractivity contribution in [1.82, 2.24) is 0 Å². The van der Waals surface area contributed by atoms with Crippen molar-refractivity contribution < 1.29 is 0 Å². The molecule has 0 fully saturated rings. The number of benzene rings is 10. The van der Waals surface area contributed by atoms with E-state index in [0.717, 1.165) is 0 Å². The second-order valence-corrected chi connectivity index (χ2v) is 14.9. The van der Waals surface area contributed by atoms with Gasteiger partial charge in [-0.15, -0.1) is 0 Å². The van der Waals surface area contributed by atoms with Crippen LogP contribution < -0.4 is 0 Å². The molecule has 0 aliphatic heterocycles. The summed E-state index contributed by atoms with van der Waals surface area (Å²) in [6, 6.07) is 83.6. The summed E-state index contributed by atoms with van der Waals surface area (Å²) in [5, 5.41) is 5.02. The van der Waals surface area contributed by atoms with Gasteiger partial charge in [0.1, 0.15) is 0 Å². The third kappa shape index (κ3) is 6.93. The molecule has 10 aromatic rings. The minimum atomic E-state index is 1.17. The van der Waals surface area contributed by atoms with E-state index in [2.05, 4.69) is 243 Å². The normalized spacial score (nSPS) is 11.4. The smallest absolute Gasteiger partial charge is 0.00264 e. The number of hydrogen-bond acceptors (Lipinski definition) is 0. The Morgan fingerprint density at radius 1 is 0.190 bits per heavy atom. The molecule has 0 N–H and O–H groups in total. The van der Waals surface area contributed by atoms with E-state index in [0.29, 0.717) is 0 Å². The van der Waals surface area contributed by atoms with E-state index in [1.807, 2.05) is 0 Å². The van der Waals surface area contributed by atoms with Crippen molar-refractivity contribution in [2.24, 2.45) is 0 Å². The van der Waals surface area contributed by atoms with Crippen molar-refractivity contribution >= 4 is 33.7 Å². The molecule has 0 radical (unpaired) electrons. The molecule has 0 aliphatic rings. The molecule has 0 aromatic heterocycles. The number of rotatable bonds is 8. The van der Waals surface area contributed by atoms with Crippen LogP contribution in [-0.4, -0.2) is 0 Å². The standard InChI is InChI=1S/C58H40/c1-4-14-43(15-5-1)46-30-26-41(27-31-46)24-25-42-28-32-48(33-29-42)57-53-20-10-12-22-55(53)58(56-23-13-11-21-54(56)57)49-36-34-47(35-37-49)52-39-50(44-16-6-2-7-17-44)38-51(40-52)45-18-8-3-9-19-45/h1-40H/b25-24+. The van der Waals surface area contributed by atoms with Gasteiger partial charge in [0.05, 0.1) is 0 Å². The maximum Gasteiger partial charge on any atom is -0.00264 e. The second-order valence-electron chi connectivity index (χ2n) is 14.9. The zero-order valence-corrected chi connectivity index (χ0v) is 32.1. The molecule has 0 saturated carbocycles. The van der Waals surface area contributed by atoms with E-state index in [-0.39, 0.29) is 0 Å². The summed E-state index contributed by atoms with van der Waals surface area (Å²) in [5.41, 5.74) is 17.0. The number of fused-ring (bicyclic) bond motifs is 2. The second kappa shape index (κ2) is 15.5. The first kappa shape index (κ1) is 34.9. The molecule has 0 atom stereocenters. The molecule has 0 nitrogen and oxygen atoms in total. The molecular formula is C58H40. The van der Waals surface area contributed by atoms with Gasteiger partial charge < -0.3 is 0 Å². The molecule has 0 heterocycles. The molecular weight excluding hydrogens is 697 g/mol. The molecule has 0 spiro atoms. The third-order valence-corrected chi connectivity index (χ3v) is 11.3. The maximum atomic E-state index is 2.32. The molecule has 0 aliphatic carbocycles. The highest BCUT2D eigenvalue weighted by Crippen LogP contribution is 2.44. The Hall–Kier alpha value is -7.54. The fraction of sp³-hybridized carbons (Fsp3) is 0. The van der Waals surface area contributed by atoms with Crippen LogP contribution in [0.5, 0.6) is 0 Å².